The Kier molecular flexibility index (Phi) is 4.63. The molecule has 0 aromatic carbocycles. The number of hydrogen-bond acceptors (Lipinski definition) is 2. The largest absolute Gasteiger partial charge is 0.302 e. The maximum Gasteiger partial charge on any atom is 0.0205 e. The third-order valence-corrected chi connectivity index (χ3v) is 3.01. The minimum atomic E-state index is 1.21. The lowest BCUT2D eigenvalue weighted by Crippen LogP contribution is -2.37. The second-order valence-corrected chi connectivity index (χ2v) is 4.18. The Morgan fingerprint density at radius 1 is 0.786 bits per heavy atom. The highest BCUT2D eigenvalue weighted by atomic mass is 15.1. The highest BCUT2D eigenvalue weighted by molar-refractivity contribution is 5.23. The maximum absolute atomic E-state index is 2.43. The summed E-state index contributed by atoms with van der Waals surface area (Å²) in [4.78, 5) is 4.86. The first-order chi connectivity index (χ1) is 6.75. The van der Waals surface area contributed by atoms with E-state index in [1.807, 2.05) is 13.8 Å². The Balaban J connectivity index is 0.000000461. The number of likely N-dealkylation sites (N-methyl/N-ethyl adjacent to an activating group) is 2. The Labute approximate surface area is 88.6 Å². The lowest BCUT2D eigenvalue weighted by molar-refractivity contribution is 0.282. The molecule has 14 heavy (non-hydrogen) atoms. The van der Waals surface area contributed by atoms with Gasteiger partial charge < -0.3 is 9.80 Å². The van der Waals surface area contributed by atoms with Crippen molar-refractivity contribution in [3.8, 4) is 0 Å². The van der Waals surface area contributed by atoms with Gasteiger partial charge >= 0.3 is 0 Å². The molecule has 0 saturated heterocycles. The fourth-order valence-corrected chi connectivity index (χ4v) is 2.21. The van der Waals surface area contributed by atoms with Crippen molar-refractivity contribution in [2.24, 2.45) is 0 Å². The van der Waals surface area contributed by atoms with Crippen molar-refractivity contribution in [3.05, 3.63) is 11.1 Å². The van der Waals surface area contributed by atoms with Crippen LogP contribution < -0.4 is 0 Å². The lowest BCUT2D eigenvalue weighted by atomic mass is 9.94. The van der Waals surface area contributed by atoms with Gasteiger partial charge in [0.05, 0.1) is 0 Å². The van der Waals surface area contributed by atoms with Crippen LogP contribution in [0.1, 0.15) is 26.7 Å². The molecule has 0 spiro atoms. The summed E-state index contributed by atoms with van der Waals surface area (Å²) < 4.78 is 0. The van der Waals surface area contributed by atoms with Gasteiger partial charge in [0.15, 0.2) is 0 Å². The summed E-state index contributed by atoms with van der Waals surface area (Å²) in [6.07, 6.45) is 2.64. The van der Waals surface area contributed by atoms with Crippen molar-refractivity contribution < 1.29 is 0 Å². The van der Waals surface area contributed by atoms with Crippen molar-refractivity contribution in [1.82, 2.24) is 9.80 Å². The standard InChI is InChI=1S/C10H18N2.C2H6/c1-11-5-3-9-4-6-12(2)8-10(9)7-11;1-2/h3-8H2,1-2H3;1-2H3. The predicted octanol–water partition coefficient (Wildman–Crippen LogP) is 1.98. The van der Waals surface area contributed by atoms with Gasteiger partial charge in [0.25, 0.3) is 0 Å². The van der Waals surface area contributed by atoms with Crippen molar-refractivity contribution in [2.45, 2.75) is 26.7 Å². The quantitative estimate of drug-likeness (QED) is 0.547. The summed E-state index contributed by atoms with van der Waals surface area (Å²) in [5, 5.41) is 0. The SMILES string of the molecule is CC.CN1CCC2=C(C1)CN(C)CC2. The van der Waals surface area contributed by atoms with Gasteiger partial charge in [-0.25, -0.2) is 0 Å². The molecule has 0 fully saturated rings. The molecule has 0 N–H and O–H groups in total. The van der Waals surface area contributed by atoms with E-state index >= 15 is 0 Å². The van der Waals surface area contributed by atoms with Crippen LogP contribution in [0.2, 0.25) is 0 Å². The maximum atomic E-state index is 2.43. The van der Waals surface area contributed by atoms with Gasteiger partial charge in [0.1, 0.15) is 0 Å². The van der Waals surface area contributed by atoms with Crippen molar-refractivity contribution in [1.29, 1.82) is 0 Å². The van der Waals surface area contributed by atoms with Crippen LogP contribution in [-0.2, 0) is 0 Å². The molecule has 0 unspecified atom stereocenters. The number of hydrogen-bond donors (Lipinski definition) is 0. The zero-order chi connectivity index (χ0) is 10.6. The van der Waals surface area contributed by atoms with Gasteiger partial charge in [-0.15, -0.1) is 0 Å². The van der Waals surface area contributed by atoms with Gasteiger partial charge in [-0.3, -0.25) is 0 Å². The molecule has 0 radical (unpaired) electrons. The average molecular weight is 196 g/mol. The summed E-state index contributed by atoms with van der Waals surface area (Å²) in [5.74, 6) is 0. The first-order valence-electron chi connectivity index (χ1n) is 5.82. The molecule has 2 rings (SSSR count). The highest BCUT2D eigenvalue weighted by Crippen LogP contribution is 2.24. The summed E-state index contributed by atoms with van der Waals surface area (Å²) >= 11 is 0. The fourth-order valence-electron chi connectivity index (χ4n) is 2.21. The third kappa shape index (κ3) is 2.82. The van der Waals surface area contributed by atoms with E-state index in [4.69, 9.17) is 0 Å². The van der Waals surface area contributed by atoms with Crippen molar-refractivity contribution >= 4 is 0 Å². The second-order valence-electron chi connectivity index (χ2n) is 4.18. The third-order valence-electron chi connectivity index (χ3n) is 3.01. The summed E-state index contributed by atoms with van der Waals surface area (Å²) in [6, 6.07) is 0. The molecule has 0 amide bonds. The zero-order valence-electron chi connectivity index (χ0n) is 10.1. The van der Waals surface area contributed by atoms with E-state index in [9.17, 15) is 0 Å². The first kappa shape index (κ1) is 11.7. The molecule has 2 heterocycles. The van der Waals surface area contributed by atoms with Crippen LogP contribution in [0.4, 0.5) is 0 Å². The van der Waals surface area contributed by atoms with E-state index in [0.717, 1.165) is 0 Å². The van der Waals surface area contributed by atoms with E-state index in [1.165, 1.54) is 39.0 Å². The zero-order valence-corrected chi connectivity index (χ0v) is 10.1. The second kappa shape index (κ2) is 5.52. The number of nitrogens with zero attached hydrogens (tertiary/aromatic N) is 2. The summed E-state index contributed by atoms with van der Waals surface area (Å²) in [6.45, 7) is 8.95. The molecule has 0 saturated carbocycles. The Hall–Kier alpha value is -0.340. The molecule has 0 aromatic heterocycles. The van der Waals surface area contributed by atoms with Crippen molar-refractivity contribution in [3.63, 3.8) is 0 Å². The van der Waals surface area contributed by atoms with E-state index < -0.39 is 0 Å². The summed E-state index contributed by atoms with van der Waals surface area (Å²) in [5.41, 5.74) is 3.45. The lowest BCUT2D eigenvalue weighted by Gasteiger charge is -2.34. The van der Waals surface area contributed by atoms with Crippen LogP contribution in [0.3, 0.4) is 0 Å². The number of rotatable bonds is 0. The molecule has 2 nitrogen and oxygen atoms in total. The smallest absolute Gasteiger partial charge is 0.0205 e. The molecule has 2 aliphatic heterocycles. The van der Waals surface area contributed by atoms with Crippen LogP contribution >= 0.6 is 0 Å². The van der Waals surface area contributed by atoms with Gasteiger partial charge in [-0.1, -0.05) is 19.4 Å². The van der Waals surface area contributed by atoms with Crippen LogP contribution in [-0.4, -0.2) is 50.1 Å². The van der Waals surface area contributed by atoms with E-state index in [2.05, 4.69) is 23.9 Å². The average Bonchev–Trinajstić information content (AvgIpc) is 2.20. The van der Waals surface area contributed by atoms with E-state index in [0.29, 0.717) is 0 Å². The highest BCUT2D eigenvalue weighted by Gasteiger charge is 2.20. The van der Waals surface area contributed by atoms with E-state index in [-0.39, 0.29) is 0 Å². The summed E-state index contributed by atoms with van der Waals surface area (Å²) in [7, 11) is 4.44. The van der Waals surface area contributed by atoms with Crippen LogP contribution in [0, 0.1) is 0 Å². The molecule has 82 valence electrons. The monoisotopic (exact) mass is 196 g/mol. The normalized spacial score (nSPS) is 24.0. The minimum Gasteiger partial charge on any atom is -0.302 e. The fraction of sp³-hybridized carbons (Fsp3) is 0.833. The van der Waals surface area contributed by atoms with Gasteiger partial charge in [-0.05, 0) is 32.5 Å². The topological polar surface area (TPSA) is 6.48 Å². The molecule has 2 heteroatoms. The molecule has 0 aliphatic carbocycles. The molecule has 2 aliphatic rings. The molecule has 0 aromatic rings. The van der Waals surface area contributed by atoms with Gasteiger partial charge in [0, 0.05) is 26.2 Å². The van der Waals surface area contributed by atoms with Gasteiger partial charge in [-0.2, -0.15) is 0 Å². The minimum absolute atomic E-state index is 1.21. The molecular weight excluding hydrogens is 172 g/mol. The van der Waals surface area contributed by atoms with Crippen molar-refractivity contribution in [2.75, 3.05) is 40.3 Å². The Morgan fingerprint density at radius 2 is 1.21 bits per heavy atom. The van der Waals surface area contributed by atoms with Gasteiger partial charge in [0.2, 0.25) is 0 Å². The Morgan fingerprint density at radius 3 is 1.64 bits per heavy atom. The van der Waals surface area contributed by atoms with E-state index in [1.54, 1.807) is 11.1 Å². The molecule has 0 atom stereocenters. The Bertz CT molecular complexity index is 188. The molecule has 0 bridgehead atoms. The van der Waals surface area contributed by atoms with Crippen LogP contribution in [0.5, 0.6) is 0 Å². The predicted molar refractivity (Wildman–Crippen MR) is 62.6 cm³/mol. The van der Waals surface area contributed by atoms with Crippen LogP contribution in [0.25, 0.3) is 0 Å². The first-order valence-corrected chi connectivity index (χ1v) is 5.82. The molecular formula is C12H24N2. The van der Waals surface area contributed by atoms with Crippen LogP contribution in [0.15, 0.2) is 11.1 Å².